The monoisotopic (exact) mass is 259 g/mol. The van der Waals surface area contributed by atoms with Crippen molar-refractivity contribution >= 4 is 17.5 Å². The molecule has 0 aliphatic rings. The van der Waals surface area contributed by atoms with Gasteiger partial charge in [0.25, 0.3) is 5.91 Å². The average molecular weight is 260 g/mol. The third kappa shape index (κ3) is 3.98. The van der Waals surface area contributed by atoms with Gasteiger partial charge in [-0.3, -0.25) is 4.79 Å². The number of amides is 1. The molecule has 2 N–H and O–H groups in total. The molecule has 1 amide bonds. The molecule has 0 aliphatic carbocycles. The Morgan fingerprint density at radius 2 is 2.29 bits per heavy atom. The van der Waals surface area contributed by atoms with Gasteiger partial charge in [0, 0.05) is 12.6 Å². The Kier molecular flexibility index (Phi) is 5.38. The van der Waals surface area contributed by atoms with Crippen LogP contribution in [-0.4, -0.2) is 23.7 Å². The van der Waals surface area contributed by atoms with Gasteiger partial charge in [-0.1, -0.05) is 18.5 Å². The second-order valence-electron chi connectivity index (χ2n) is 3.72. The van der Waals surface area contributed by atoms with Crippen LogP contribution in [0.1, 0.15) is 30.1 Å². The Hall–Kier alpha value is -1.13. The predicted octanol–water partition coefficient (Wildman–Crippen LogP) is 2.37. The van der Waals surface area contributed by atoms with E-state index in [4.69, 9.17) is 16.7 Å². The average Bonchev–Trinajstić information content (AvgIpc) is 2.28. The Bertz CT molecular complexity index is 398. The molecule has 0 bridgehead atoms. The molecular weight excluding hydrogens is 245 g/mol. The maximum Gasteiger partial charge on any atom is 0.253 e. The van der Waals surface area contributed by atoms with E-state index >= 15 is 0 Å². The first kappa shape index (κ1) is 13.9. The van der Waals surface area contributed by atoms with Crippen LogP contribution in [0.25, 0.3) is 0 Å². The molecule has 1 aromatic rings. The van der Waals surface area contributed by atoms with E-state index in [1.165, 1.54) is 12.1 Å². The quantitative estimate of drug-likeness (QED) is 0.853. The number of hydrogen-bond donors (Lipinski definition) is 2. The molecule has 1 aromatic carbocycles. The highest BCUT2D eigenvalue weighted by Gasteiger charge is 2.14. The van der Waals surface area contributed by atoms with Crippen molar-refractivity contribution in [3.63, 3.8) is 0 Å². The number of carbonyl (C=O) groups excluding carboxylic acids is 1. The van der Waals surface area contributed by atoms with Crippen molar-refractivity contribution in [2.24, 2.45) is 0 Å². The van der Waals surface area contributed by atoms with E-state index in [1.54, 1.807) is 0 Å². The maximum atomic E-state index is 12.8. The molecule has 0 saturated carbocycles. The van der Waals surface area contributed by atoms with Crippen molar-refractivity contribution in [3.05, 3.63) is 34.6 Å². The van der Waals surface area contributed by atoms with Crippen LogP contribution in [0, 0.1) is 5.82 Å². The van der Waals surface area contributed by atoms with Gasteiger partial charge in [-0.2, -0.15) is 0 Å². The molecule has 1 rings (SSSR count). The van der Waals surface area contributed by atoms with Crippen LogP contribution in [0.15, 0.2) is 18.2 Å². The number of nitrogens with one attached hydrogen (secondary N) is 1. The first-order valence-electron chi connectivity index (χ1n) is 5.45. The summed E-state index contributed by atoms with van der Waals surface area (Å²) >= 11 is 5.78. The minimum absolute atomic E-state index is 0.00986. The molecule has 0 heterocycles. The van der Waals surface area contributed by atoms with Crippen LogP contribution < -0.4 is 5.32 Å². The summed E-state index contributed by atoms with van der Waals surface area (Å²) in [5.74, 6) is -0.829. The molecule has 17 heavy (non-hydrogen) atoms. The summed E-state index contributed by atoms with van der Waals surface area (Å²) in [7, 11) is 0. The topological polar surface area (TPSA) is 49.3 Å². The van der Waals surface area contributed by atoms with Gasteiger partial charge >= 0.3 is 0 Å². The fourth-order valence-electron chi connectivity index (χ4n) is 1.47. The van der Waals surface area contributed by atoms with E-state index in [0.717, 1.165) is 6.07 Å². The van der Waals surface area contributed by atoms with Gasteiger partial charge in [0.2, 0.25) is 0 Å². The van der Waals surface area contributed by atoms with Crippen LogP contribution in [0.3, 0.4) is 0 Å². The van der Waals surface area contributed by atoms with Crippen LogP contribution in [-0.2, 0) is 0 Å². The SMILES string of the molecule is CCC(CCO)NC(=O)c1ccc(F)cc1Cl. The van der Waals surface area contributed by atoms with E-state index in [-0.39, 0.29) is 29.1 Å². The third-order valence-corrected chi connectivity index (χ3v) is 2.79. The molecule has 0 radical (unpaired) electrons. The Balaban J connectivity index is 2.75. The van der Waals surface area contributed by atoms with Crippen molar-refractivity contribution in [1.29, 1.82) is 0 Å². The highest BCUT2D eigenvalue weighted by molar-refractivity contribution is 6.33. The number of benzene rings is 1. The number of aliphatic hydroxyl groups is 1. The van der Waals surface area contributed by atoms with Crippen LogP contribution >= 0.6 is 11.6 Å². The molecule has 1 atom stereocenters. The summed E-state index contributed by atoms with van der Waals surface area (Å²) < 4.78 is 12.8. The highest BCUT2D eigenvalue weighted by Crippen LogP contribution is 2.17. The predicted molar refractivity (Wildman–Crippen MR) is 64.7 cm³/mol. The summed E-state index contributed by atoms with van der Waals surface area (Å²) in [6.07, 6.45) is 1.20. The summed E-state index contributed by atoms with van der Waals surface area (Å²) in [5.41, 5.74) is 0.240. The largest absolute Gasteiger partial charge is 0.396 e. The number of rotatable bonds is 5. The molecule has 1 unspecified atom stereocenters. The van der Waals surface area contributed by atoms with Crippen molar-refractivity contribution in [1.82, 2.24) is 5.32 Å². The standard InChI is InChI=1S/C12H15ClFNO2/c1-2-9(5-6-16)15-12(17)10-4-3-8(14)7-11(10)13/h3-4,7,9,16H,2,5-6H2,1H3,(H,15,17). The van der Waals surface area contributed by atoms with Crippen LogP contribution in [0.5, 0.6) is 0 Å². The Labute approximate surface area is 105 Å². The Morgan fingerprint density at radius 1 is 1.59 bits per heavy atom. The summed E-state index contributed by atoms with van der Waals surface area (Å²) in [5, 5.41) is 11.6. The normalized spacial score (nSPS) is 12.2. The van der Waals surface area contributed by atoms with Gasteiger partial charge in [0.15, 0.2) is 0 Å². The van der Waals surface area contributed by atoms with Crippen molar-refractivity contribution in [2.75, 3.05) is 6.61 Å². The molecule has 3 nitrogen and oxygen atoms in total. The van der Waals surface area contributed by atoms with E-state index in [9.17, 15) is 9.18 Å². The van der Waals surface area contributed by atoms with Crippen molar-refractivity contribution in [3.8, 4) is 0 Å². The number of hydrogen-bond acceptors (Lipinski definition) is 2. The number of aliphatic hydroxyl groups excluding tert-OH is 1. The first-order chi connectivity index (χ1) is 8.08. The zero-order chi connectivity index (χ0) is 12.8. The lowest BCUT2D eigenvalue weighted by Crippen LogP contribution is -2.35. The smallest absolute Gasteiger partial charge is 0.253 e. The fraction of sp³-hybridized carbons (Fsp3) is 0.417. The second-order valence-corrected chi connectivity index (χ2v) is 4.12. The molecule has 0 fully saturated rings. The molecule has 0 saturated heterocycles. The second kappa shape index (κ2) is 6.57. The zero-order valence-electron chi connectivity index (χ0n) is 9.54. The lowest BCUT2D eigenvalue weighted by Gasteiger charge is -2.16. The van der Waals surface area contributed by atoms with Gasteiger partial charge in [0.05, 0.1) is 10.6 Å². The lowest BCUT2D eigenvalue weighted by atomic mass is 10.1. The fourth-order valence-corrected chi connectivity index (χ4v) is 1.72. The van der Waals surface area contributed by atoms with Gasteiger partial charge in [-0.15, -0.1) is 0 Å². The van der Waals surface area contributed by atoms with E-state index in [2.05, 4.69) is 5.32 Å². The summed E-state index contributed by atoms with van der Waals surface area (Å²) in [4.78, 5) is 11.8. The highest BCUT2D eigenvalue weighted by atomic mass is 35.5. The number of halogens is 2. The Morgan fingerprint density at radius 3 is 2.82 bits per heavy atom. The van der Waals surface area contributed by atoms with Crippen molar-refractivity contribution < 1.29 is 14.3 Å². The first-order valence-corrected chi connectivity index (χ1v) is 5.83. The minimum atomic E-state index is -0.478. The molecule has 0 aliphatic heterocycles. The molecule has 94 valence electrons. The minimum Gasteiger partial charge on any atom is -0.396 e. The zero-order valence-corrected chi connectivity index (χ0v) is 10.3. The summed E-state index contributed by atoms with van der Waals surface area (Å²) in [6.45, 7) is 1.92. The lowest BCUT2D eigenvalue weighted by molar-refractivity contribution is 0.0929. The van der Waals surface area contributed by atoms with Gasteiger partial charge < -0.3 is 10.4 Å². The van der Waals surface area contributed by atoms with E-state index in [0.29, 0.717) is 12.8 Å². The van der Waals surface area contributed by atoms with E-state index < -0.39 is 5.82 Å². The maximum absolute atomic E-state index is 12.8. The molecule has 0 spiro atoms. The van der Waals surface area contributed by atoms with Crippen molar-refractivity contribution in [2.45, 2.75) is 25.8 Å². The van der Waals surface area contributed by atoms with Crippen LogP contribution in [0.2, 0.25) is 5.02 Å². The molecule has 5 heteroatoms. The number of carbonyl (C=O) groups is 1. The van der Waals surface area contributed by atoms with Gasteiger partial charge in [-0.25, -0.2) is 4.39 Å². The third-order valence-electron chi connectivity index (χ3n) is 2.48. The molecular formula is C12H15ClFNO2. The van der Waals surface area contributed by atoms with E-state index in [1.807, 2.05) is 6.92 Å². The molecule has 0 aromatic heterocycles. The summed E-state index contributed by atoms with van der Waals surface area (Å²) in [6, 6.07) is 3.53. The van der Waals surface area contributed by atoms with Gasteiger partial charge in [-0.05, 0) is 31.0 Å². The van der Waals surface area contributed by atoms with Crippen LogP contribution in [0.4, 0.5) is 4.39 Å². The van der Waals surface area contributed by atoms with Gasteiger partial charge in [0.1, 0.15) is 5.82 Å².